The van der Waals surface area contributed by atoms with Gasteiger partial charge in [0.25, 0.3) is 0 Å². The Bertz CT molecular complexity index is 402. The molecule has 138 valence electrons. The summed E-state index contributed by atoms with van der Waals surface area (Å²) in [5.74, 6) is 1.99. The molecule has 5 heteroatoms. The maximum atomic E-state index is 13.5. The number of halogens is 1. The van der Waals surface area contributed by atoms with E-state index in [2.05, 4.69) is 5.32 Å². The van der Waals surface area contributed by atoms with Crippen molar-refractivity contribution in [3.8, 4) is 0 Å². The van der Waals surface area contributed by atoms with Crippen LogP contribution in [-0.2, 0) is 14.2 Å². The standard InChI is InChI=1S/C19H32FNO3/c20-15-3-1-13(2-4-15)17-7-8-21-10-14(17)11-22-16-5-6-18-19(9-16)24-12-23-18/h13-19,21H,1-12H2. The van der Waals surface area contributed by atoms with E-state index >= 15 is 0 Å². The molecule has 4 rings (SSSR count). The first-order valence-electron chi connectivity index (χ1n) is 9.99. The summed E-state index contributed by atoms with van der Waals surface area (Å²) < 4.78 is 31.0. The van der Waals surface area contributed by atoms with Crippen molar-refractivity contribution in [1.82, 2.24) is 5.32 Å². The summed E-state index contributed by atoms with van der Waals surface area (Å²) in [6.45, 7) is 3.46. The number of ether oxygens (including phenoxy) is 3. The molecule has 0 amide bonds. The summed E-state index contributed by atoms with van der Waals surface area (Å²) >= 11 is 0. The van der Waals surface area contributed by atoms with Gasteiger partial charge >= 0.3 is 0 Å². The van der Waals surface area contributed by atoms with Crippen LogP contribution in [0, 0.1) is 17.8 Å². The molecule has 0 spiro atoms. The van der Waals surface area contributed by atoms with E-state index in [1.54, 1.807) is 0 Å². The van der Waals surface area contributed by atoms with Crippen molar-refractivity contribution in [2.45, 2.75) is 75.9 Å². The van der Waals surface area contributed by atoms with Crippen LogP contribution in [0.5, 0.6) is 0 Å². The normalized spacial score (nSPS) is 46.6. The van der Waals surface area contributed by atoms with Crippen LogP contribution in [0.2, 0.25) is 0 Å². The molecule has 5 atom stereocenters. The second-order valence-corrected chi connectivity index (χ2v) is 8.23. The van der Waals surface area contributed by atoms with Gasteiger partial charge in [-0.3, -0.25) is 0 Å². The minimum absolute atomic E-state index is 0.240. The van der Waals surface area contributed by atoms with Gasteiger partial charge in [0, 0.05) is 13.0 Å². The topological polar surface area (TPSA) is 39.7 Å². The minimum Gasteiger partial charge on any atom is -0.378 e. The second kappa shape index (κ2) is 7.98. The van der Waals surface area contributed by atoms with E-state index in [0.29, 0.717) is 36.8 Å². The Balaban J connectivity index is 1.27. The third-order valence-electron chi connectivity index (χ3n) is 6.77. The fourth-order valence-electron chi connectivity index (χ4n) is 5.31. The van der Waals surface area contributed by atoms with Crippen molar-refractivity contribution < 1.29 is 18.6 Å². The third kappa shape index (κ3) is 3.95. The highest BCUT2D eigenvalue weighted by molar-refractivity contribution is 4.88. The van der Waals surface area contributed by atoms with Crippen molar-refractivity contribution in [2.75, 3.05) is 26.5 Å². The number of rotatable bonds is 4. The average molecular weight is 341 g/mol. The first kappa shape index (κ1) is 17.2. The van der Waals surface area contributed by atoms with Crippen molar-refractivity contribution >= 4 is 0 Å². The molecule has 2 heterocycles. The Hall–Kier alpha value is -0.230. The van der Waals surface area contributed by atoms with E-state index in [9.17, 15) is 4.39 Å². The predicted octanol–water partition coefficient (Wildman–Crippen LogP) is 3.05. The van der Waals surface area contributed by atoms with E-state index in [1.165, 1.54) is 6.42 Å². The highest BCUT2D eigenvalue weighted by Crippen LogP contribution is 2.38. The lowest BCUT2D eigenvalue weighted by molar-refractivity contribution is -0.0519. The predicted molar refractivity (Wildman–Crippen MR) is 89.5 cm³/mol. The third-order valence-corrected chi connectivity index (χ3v) is 6.77. The molecule has 2 saturated carbocycles. The molecule has 1 N–H and O–H groups in total. The number of fused-ring (bicyclic) bond motifs is 1. The van der Waals surface area contributed by atoms with Crippen LogP contribution in [0.25, 0.3) is 0 Å². The summed E-state index contributed by atoms with van der Waals surface area (Å²) in [5, 5.41) is 3.54. The minimum atomic E-state index is -0.554. The molecule has 0 aromatic rings. The summed E-state index contributed by atoms with van der Waals surface area (Å²) in [6.07, 6.45) is 8.32. The zero-order chi connectivity index (χ0) is 16.4. The molecule has 4 nitrogen and oxygen atoms in total. The molecule has 2 aliphatic carbocycles. The van der Waals surface area contributed by atoms with E-state index in [0.717, 1.165) is 64.6 Å². The maximum absolute atomic E-state index is 13.5. The van der Waals surface area contributed by atoms with Crippen LogP contribution < -0.4 is 5.32 Å². The van der Waals surface area contributed by atoms with E-state index in [-0.39, 0.29) is 6.10 Å². The zero-order valence-corrected chi connectivity index (χ0v) is 14.6. The van der Waals surface area contributed by atoms with Gasteiger partial charge in [-0.05, 0) is 69.2 Å². The SMILES string of the molecule is FC1CCC(C2CCNCC2COC2CCC3OCOC3C2)CC1. The van der Waals surface area contributed by atoms with Crippen molar-refractivity contribution in [1.29, 1.82) is 0 Å². The summed E-state index contributed by atoms with van der Waals surface area (Å²) in [6, 6.07) is 0. The second-order valence-electron chi connectivity index (χ2n) is 8.23. The van der Waals surface area contributed by atoms with Gasteiger partial charge in [0.1, 0.15) is 13.0 Å². The maximum Gasteiger partial charge on any atom is 0.147 e. The fourth-order valence-corrected chi connectivity index (χ4v) is 5.31. The monoisotopic (exact) mass is 341 g/mol. The molecule has 0 bridgehead atoms. The molecule has 2 aliphatic heterocycles. The zero-order valence-electron chi connectivity index (χ0n) is 14.6. The van der Waals surface area contributed by atoms with Gasteiger partial charge in [-0.25, -0.2) is 4.39 Å². The molecular formula is C19H32FNO3. The van der Waals surface area contributed by atoms with Gasteiger partial charge in [-0.2, -0.15) is 0 Å². The molecule has 0 aromatic carbocycles. The Morgan fingerprint density at radius 2 is 1.79 bits per heavy atom. The Morgan fingerprint density at radius 3 is 2.67 bits per heavy atom. The lowest BCUT2D eigenvalue weighted by Crippen LogP contribution is -2.44. The first-order chi connectivity index (χ1) is 11.8. The van der Waals surface area contributed by atoms with Crippen LogP contribution in [0.3, 0.4) is 0 Å². The molecule has 0 radical (unpaired) electrons. The van der Waals surface area contributed by atoms with Gasteiger partial charge in [-0.1, -0.05) is 0 Å². The smallest absolute Gasteiger partial charge is 0.147 e. The van der Waals surface area contributed by atoms with E-state index < -0.39 is 6.17 Å². The van der Waals surface area contributed by atoms with Gasteiger partial charge in [0.2, 0.25) is 0 Å². The highest BCUT2D eigenvalue weighted by Gasteiger charge is 2.38. The highest BCUT2D eigenvalue weighted by atomic mass is 19.1. The Labute approximate surface area is 144 Å². The Morgan fingerprint density at radius 1 is 0.958 bits per heavy atom. The van der Waals surface area contributed by atoms with Crippen molar-refractivity contribution in [3.63, 3.8) is 0 Å². The molecule has 0 aromatic heterocycles. The van der Waals surface area contributed by atoms with Gasteiger partial charge in [0.15, 0.2) is 0 Å². The summed E-state index contributed by atoms with van der Waals surface area (Å²) in [4.78, 5) is 0. The summed E-state index contributed by atoms with van der Waals surface area (Å²) in [5.41, 5.74) is 0. The van der Waals surface area contributed by atoms with Gasteiger partial charge in [-0.15, -0.1) is 0 Å². The largest absolute Gasteiger partial charge is 0.378 e. The van der Waals surface area contributed by atoms with Crippen LogP contribution in [-0.4, -0.2) is 51.0 Å². The first-order valence-corrected chi connectivity index (χ1v) is 9.99. The molecule has 4 fully saturated rings. The van der Waals surface area contributed by atoms with Gasteiger partial charge < -0.3 is 19.5 Å². The number of piperidine rings is 1. The van der Waals surface area contributed by atoms with Gasteiger partial charge in [0.05, 0.1) is 24.9 Å². The lowest BCUT2D eigenvalue weighted by Gasteiger charge is -2.40. The number of hydrogen-bond donors (Lipinski definition) is 1. The van der Waals surface area contributed by atoms with E-state index in [1.807, 2.05) is 0 Å². The van der Waals surface area contributed by atoms with Crippen molar-refractivity contribution in [2.24, 2.45) is 17.8 Å². The van der Waals surface area contributed by atoms with Crippen molar-refractivity contribution in [3.05, 3.63) is 0 Å². The molecule has 4 aliphatic rings. The summed E-state index contributed by atoms with van der Waals surface area (Å²) in [7, 11) is 0. The fraction of sp³-hybridized carbons (Fsp3) is 1.00. The molecule has 5 unspecified atom stereocenters. The molecular weight excluding hydrogens is 309 g/mol. The van der Waals surface area contributed by atoms with Crippen LogP contribution in [0.1, 0.15) is 51.4 Å². The van der Waals surface area contributed by atoms with E-state index in [4.69, 9.17) is 14.2 Å². The molecule has 24 heavy (non-hydrogen) atoms. The quantitative estimate of drug-likeness (QED) is 0.853. The average Bonchev–Trinajstić information content (AvgIpc) is 3.09. The lowest BCUT2D eigenvalue weighted by atomic mass is 9.71. The number of alkyl halides is 1. The number of hydrogen-bond acceptors (Lipinski definition) is 4. The Kier molecular flexibility index (Phi) is 5.72. The molecule has 2 saturated heterocycles. The van der Waals surface area contributed by atoms with Crippen LogP contribution in [0.15, 0.2) is 0 Å². The van der Waals surface area contributed by atoms with Crippen LogP contribution >= 0.6 is 0 Å². The van der Waals surface area contributed by atoms with Crippen LogP contribution in [0.4, 0.5) is 4.39 Å². The number of nitrogens with one attached hydrogen (secondary N) is 1.